The Balaban J connectivity index is 1.81. The molecule has 5 N–H and O–H groups in total. The Labute approximate surface area is 225 Å². The molecule has 0 aromatic heterocycles. The van der Waals surface area contributed by atoms with E-state index in [1.807, 2.05) is 0 Å². The van der Waals surface area contributed by atoms with Crippen LogP contribution in [0.2, 0.25) is 0 Å². The molecule has 0 heterocycles. The standard InChI is InChI=1S/C28H24F2N2O8/c1-32(2)21-20-23(35)17-14(8-10-6-11(29)9-12(30)7-10)13-4-3-5-15(33)16(13)22(34)18(17)25(37)28(20,40)26(38)19(24(21)36)27(31)39/h3-9,17-21,23,33,35,40H,1-2H3,(H2,31,39)/b14-8+/t17-,18?,19?,20-,21+,23+,28+/m1/s1. The van der Waals surface area contributed by atoms with Gasteiger partial charge in [-0.1, -0.05) is 18.2 Å². The topological polar surface area (TPSA) is 175 Å². The summed E-state index contributed by atoms with van der Waals surface area (Å²) in [6, 6.07) is 4.93. The third-order valence-electron chi connectivity index (χ3n) is 8.08. The van der Waals surface area contributed by atoms with E-state index in [-0.39, 0.29) is 22.3 Å². The van der Waals surface area contributed by atoms with Gasteiger partial charge in [-0.15, -0.1) is 0 Å². The van der Waals surface area contributed by atoms with Crippen LogP contribution in [-0.2, 0) is 19.2 Å². The maximum Gasteiger partial charge on any atom is 0.235 e. The molecule has 208 valence electrons. The molecule has 40 heavy (non-hydrogen) atoms. The number of ketones is 4. The van der Waals surface area contributed by atoms with Gasteiger partial charge in [0, 0.05) is 12.0 Å². The normalized spacial score (nSPS) is 32.6. The number of hydrogen-bond donors (Lipinski definition) is 4. The summed E-state index contributed by atoms with van der Waals surface area (Å²) in [7, 11) is 2.73. The third kappa shape index (κ3) is 3.67. The maximum absolute atomic E-state index is 14.1. The van der Waals surface area contributed by atoms with Crippen LogP contribution in [-0.4, -0.2) is 81.1 Å². The van der Waals surface area contributed by atoms with E-state index < -0.39 is 87.8 Å². The van der Waals surface area contributed by atoms with Crippen LogP contribution in [0, 0.1) is 35.3 Å². The number of nitrogens with zero attached hydrogens (tertiary/aromatic N) is 1. The Morgan fingerprint density at radius 3 is 2.25 bits per heavy atom. The van der Waals surface area contributed by atoms with Crippen LogP contribution in [0.4, 0.5) is 8.78 Å². The Hall–Kier alpha value is -4.13. The van der Waals surface area contributed by atoms with Crippen molar-refractivity contribution in [2.75, 3.05) is 14.1 Å². The number of benzene rings is 2. The molecule has 0 bridgehead atoms. The molecule has 2 aromatic rings. The van der Waals surface area contributed by atoms with Crippen molar-refractivity contribution in [2.24, 2.45) is 29.4 Å². The van der Waals surface area contributed by atoms with Crippen molar-refractivity contribution in [1.29, 1.82) is 0 Å². The largest absolute Gasteiger partial charge is 0.507 e. The van der Waals surface area contributed by atoms with Crippen LogP contribution < -0.4 is 5.73 Å². The lowest BCUT2D eigenvalue weighted by atomic mass is 9.50. The highest BCUT2D eigenvalue weighted by Gasteiger charge is 2.72. The smallest absolute Gasteiger partial charge is 0.235 e. The lowest BCUT2D eigenvalue weighted by molar-refractivity contribution is -0.192. The zero-order chi connectivity index (χ0) is 29.4. The Kier molecular flexibility index (Phi) is 6.32. The second kappa shape index (κ2) is 9.22. The van der Waals surface area contributed by atoms with Crippen LogP contribution >= 0.6 is 0 Å². The predicted octanol–water partition coefficient (Wildman–Crippen LogP) is 0.114. The number of rotatable bonds is 3. The van der Waals surface area contributed by atoms with E-state index in [9.17, 15) is 48.1 Å². The first-order valence-electron chi connectivity index (χ1n) is 12.2. The molecule has 2 fully saturated rings. The zero-order valence-electron chi connectivity index (χ0n) is 21.2. The number of nitrogens with two attached hydrogens (primary N) is 1. The predicted molar refractivity (Wildman–Crippen MR) is 133 cm³/mol. The van der Waals surface area contributed by atoms with Crippen LogP contribution in [0.3, 0.4) is 0 Å². The summed E-state index contributed by atoms with van der Waals surface area (Å²) in [6.07, 6.45) is -0.718. The summed E-state index contributed by atoms with van der Waals surface area (Å²) in [5.74, 6) is -16.4. The molecule has 2 saturated carbocycles. The van der Waals surface area contributed by atoms with Crippen molar-refractivity contribution in [2.45, 2.75) is 17.7 Å². The van der Waals surface area contributed by atoms with E-state index in [2.05, 4.69) is 0 Å². The molecule has 2 unspecified atom stereocenters. The first-order valence-corrected chi connectivity index (χ1v) is 12.2. The van der Waals surface area contributed by atoms with Crippen molar-refractivity contribution in [3.63, 3.8) is 0 Å². The average Bonchev–Trinajstić information content (AvgIpc) is 2.84. The summed E-state index contributed by atoms with van der Waals surface area (Å²) < 4.78 is 28.1. The first kappa shape index (κ1) is 27.4. The molecule has 5 rings (SSSR count). The molecular formula is C28H24F2N2O8. The van der Waals surface area contributed by atoms with Crippen molar-refractivity contribution in [1.82, 2.24) is 4.90 Å². The van der Waals surface area contributed by atoms with E-state index in [1.165, 1.54) is 37.2 Å². The number of carbonyl (C=O) groups excluding carboxylic acids is 5. The number of Topliss-reactive ketones (excluding diaryl/α,β-unsaturated/α-hetero) is 4. The van der Waals surface area contributed by atoms with E-state index in [0.717, 1.165) is 18.2 Å². The van der Waals surface area contributed by atoms with E-state index in [4.69, 9.17) is 5.73 Å². The van der Waals surface area contributed by atoms with Crippen molar-refractivity contribution >= 4 is 40.7 Å². The van der Waals surface area contributed by atoms with E-state index in [1.54, 1.807) is 0 Å². The van der Waals surface area contributed by atoms with Crippen LogP contribution in [0.1, 0.15) is 21.5 Å². The molecule has 10 nitrogen and oxygen atoms in total. The average molecular weight is 555 g/mol. The monoisotopic (exact) mass is 554 g/mol. The van der Waals surface area contributed by atoms with Gasteiger partial charge >= 0.3 is 0 Å². The highest BCUT2D eigenvalue weighted by atomic mass is 19.1. The fourth-order valence-electron chi connectivity index (χ4n) is 6.51. The van der Waals surface area contributed by atoms with Gasteiger partial charge in [0.25, 0.3) is 0 Å². The van der Waals surface area contributed by atoms with Gasteiger partial charge in [-0.2, -0.15) is 0 Å². The number of aromatic hydroxyl groups is 1. The first-order chi connectivity index (χ1) is 18.7. The molecule has 1 amide bonds. The maximum atomic E-state index is 14.1. The molecule has 0 aliphatic heterocycles. The Bertz CT molecular complexity index is 1530. The molecule has 3 aliphatic rings. The van der Waals surface area contributed by atoms with E-state index >= 15 is 0 Å². The number of hydrogen-bond acceptors (Lipinski definition) is 9. The van der Waals surface area contributed by atoms with Gasteiger partial charge in [0.1, 0.15) is 17.4 Å². The number of fused-ring (bicyclic) bond motifs is 3. The van der Waals surface area contributed by atoms with Crippen molar-refractivity contribution < 1.29 is 48.1 Å². The number of aliphatic hydroxyl groups excluding tert-OH is 1. The number of phenols is 1. The van der Waals surface area contributed by atoms with Gasteiger partial charge in [0.05, 0.1) is 29.5 Å². The number of carbonyl (C=O) groups is 5. The van der Waals surface area contributed by atoms with Gasteiger partial charge in [0.2, 0.25) is 5.91 Å². The highest BCUT2D eigenvalue weighted by Crippen LogP contribution is 2.54. The molecule has 0 saturated heterocycles. The minimum absolute atomic E-state index is 0.00201. The molecule has 12 heteroatoms. The fraction of sp³-hybridized carbons (Fsp3) is 0.321. The number of amides is 1. The van der Waals surface area contributed by atoms with Crippen LogP contribution in [0.5, 0.6) is 5.75 Å². The van der Waals surface area contributed by atoms with Gasteiger partial charge in [0.15, 0.2) is 34.7 Å². The van der Waals surface area contributed by atoms with Crippen LogP contribution in [0.15, 0.2) is 36.4 Å². The second-order valence-electron chi connectivity index (χ2n) is 10.5. The van der Waals surface area contributed by atoms with Gasteiger partial charge < -0.3 is 21.1 Å². The molecule has 7 atom stereocenters. The van der Waals surface area contributed by atoms with E-state index in [0.29, 0.717) is 6.07 Å². The summed E-state index contributed by atoms with van der Waals surface area (Å²) in [5, 5.41) is 34.0. The zero-order valence-corrected chi connectivity index (χ0v) is 21.2. The lowest BCUT2D eigenvalue weighted by Crippen LogP contribution is -2.77. The minimum atomic E-state index is -3.17. The Morgan fingerprint density at radius 2 is 1.68 bits per heavy atom. The number of phenolic OH excluding ortho intramolecular Hbond substituents is 1. The van der Waals surface area contributed by atoms with Gasteiger partial charge in [-0.25, -0.2) is 8.78 Å². The second-order valence-corrected chi connectivity index (χ2v) is 10.5. The minimum Gasteiger partial charge on any atom is -0.507 e. The summed E-state index contributed by atoms with van der Waals surface area (Å²) in [6.45, 7) is 0. The number of halogens is 2. The number of aliphatic hydroxyl groups is 2. The molecule has 2 aromatic carbocycles. The third-order valence-corrected chi connectivity index (χ3v) is 8.08. The summed E-state index contributed by atoms with van der Waals surface area (Å²) in [5.41, 5.74) is 1.74. The number of primary amides is 1. The molecule has 3 aliphatic carbocycles. The van der Waals surface area contributed by atoms with Gasteiger partial charge in [-0.05, 0) is 49.0 Å². The SMILES string of the molecule is CN(C)[C@@H]1C(=O)C(C(N)=O)C(=O)[C@@]2(O)C(=O)C3C(=O)c4c(O)cccc4/C(=C\c4cc(F)cc(F)c4)[C@H]3[C@H](O)[C@@H]12. The quantitative estimate of drug-likeness (QED) is 0.384. The molecular weight excluding hydrogens is 530 g/mol. The molecule has 0 radical (unpaired) electrons. The Morgan fingerprint density at radius 1 is 1.05 bits per heavy atom. The molecule has 0 spiro atoms. The number of likely N-dealkylation sites (N-methyl/N-ethyl adjacent to an activating group) is 1. The van der Waals surface area contributed by atoms with Crippen LogP contribution in [0.25, 0.3) is 11.6 Å². The lowest BCUT2D eigenvalue weighted by Gasteiger charge is -2.55. The summed E-state index contributed by atoms with van der Waals surface area (Å²) in [4.78, 5) is 67.8. The fourth-order valence-corrected chi connectivity index (χ4v) is 6.51. The van der Waals surface area contributed by atoms with Crippen molar-refractivity contribution in [3.8, 4) is 5.75 Å². The highest BCUT2D eigenvalue weighted by molar-refractivity contribution is 6.33. The van der Waals surface area contributed by atoms with Crippen molar-refractivity contribution in [3.05, 3.63) is 64.7 Å². The summed E-state index contributed by atoms with van der Waals surface area (Å²) >= 11 is 0. The van der Waals surface area contributed by atoms with Gasteiger partial charge in [-0.3, -0.25) is 28.9 Å².